The largest absolute Gasteiger partial charge is 0.330 e. The fourth-order valence-electron chi connectivity index (χ4n) is 3.33. The van der Waals surface area contributed by atoms with Gasteiger partial charge in [-0.3, -0.25) is 0 Å². The Morgan fingerprint density at radius 2 is 1.43 bits per heavy atom. The van der Waals surface area contributed by atoms with Gasteiger partial charge in [-0.1, -0.05) is 12.1 Å². The van der Waals surface area contributed by atoms with E-state index in [9.17, 15) is 8.78 Å². The number of rotatable bonds is 3. The van der Waals surface area contributed by atoms with Crippen LogP contribution in [0.15, 0.2) is 36.4 Å². The Hall–Kier alpha value is -1.74. The molecule has 0 heterocycles. The van der Waals surface area contributed by atoms with E-state index in [1.807, 2.05) is 12.1 Å². The van der Waals surface area contributed by atoms with E-state index in [0.717, 1.165) is 47.9 Å². The van der Waals surface area contributed by atoms with E-state index in [0.29, 0.717) is 6.54 Å². The molecule has 3 heteroatoms. The third-order valence-corrected chi connectivity index (χ3v) is 4.32. The van der Waals surface area contributed by atoms with Crippen LogP contribution < -0.4 is 5.73 Å². The van der Waals surface area contributed by atoms with Crippen molar-refractivity contribution in [3.05, 3.63) is 70.3 Å². The van der Waals surface area contributed by atoms with Gasteiger partial charge in [0, 0.05) is 5.92 Å². The van der Waals surface area contributed by atoms with Gasteiger partial charge in [-0.15, -0.1) is 0 Å². The zero-order chi connectivity index (χ0) is 14.8. The van der Waals surface area contributed by atoms with Crippen LogP contribution in [0, 0.1) is 11.6 Å². The summed E-state index contributed by atoms with van der Waals surface area (Å²) in [7, 11) is 0. The lowest BCUT2D eigenvalue weighted by molar-refractivity contribution is 0.617. The van der Waals surface area contributed by atoms with E-state index in [1.165, 1.54) is 12.1 Å². The smallest absolute Gasteiger partial charge is 0.123 e. The molecule has 1 aliphatic carbocycles. The first kappa shape index (κ1) is 14.2. The van der Waals surface area contributed by atoms with Crippen LogP contribution in [0.2, 0.25) is 0 Å². The van der Waals surface area contributed by atoms with E-state index in [2.05, 4.69) is 0 Å². The molecule has 0 amide bonds. The van der Waals surface area contributed by atoms with Gasteiger partial charge in [0.15, 0.2) is 0 Å². The average Bonchev–Trinajstić information content (AvgIpc) is 2.61. The summed E-state index contributed by atoms with van der Waals surface area (Å²) >= 11 is 0. The van der Waals surface area contributed by atoms with E-state index >= 15 is 0 Å². The lowest BCUT2D eigenvalue weighted by Crippen LogP contribution is -2.08. The maximum atomic E-state index is 13.5. The van der Waals surface area contributed by atoms with Crippen molar-refractivity contribution in [1.82, 2.24) is 0 Å². The quantitative estimate of drug-likeness (QED) is 0.909. The van der Waals surface area contributed by atoms with Gasteiger partial charge in [-0.05, 0) is 78.7 Å². The van der Waals surface area contributed by atoms with Crippen LogP contribution >= 0.6 is 0 Å². The second-order valence-electron chi connectivity index (χ2n) is 5.67. The van der Waals surface area contributed by atoms with Crippen LogP contribution in [-0.2, 0) is 12.8 Å². The summed E-state index contributed by atoms with van der Waals surface area (Å²) in [5.74, 6) is -0.228. The van der Waals surface area contributed by atoms with Crippen molar-refractivity contribution in [1.29, 1.82) is 0 Å². The molecule has 0 atom stereocenters. The molecule has 1 nitrogen and oxygen atoms in total. The molecule has 1 aliphatic rings. The van der Waals surface area contributed by atoms with Crippen LogP contribution in [0.1, 0.15) is 41.0 Å². The fourth-order valence-corrected chi connectivity index (χ4v) is 3.33. The van der Waals surface area contributed by atoms with Crippen LogP contribution in [-0.4, -0.2) is 6.54 Å². The molecule has 0 saturated heterocycles. The summed E-state index contributed by atoms with van der Waals surface area (Å²) in [6.45, 7) is 0.629. The van der Waals surface area contributed by atoms with Gasteiger partial charge in [-0.2, -0.15) is 0 Å². The average molecular weight is 287 g/mol. The first-order valence-electron chi connectivity index (χ1n) is 7.45. The summed E-state index contributed by atoms with van der Waals surface area (Å²) in [5.41, 5.74) is 10.0. The second kappa shape index (κ2) is 5.94. The molecule has 0 aliphatic heterocycles. The molecule has 110 valence electrons. The Labute approximate surface area is 123 Å². The monoisotopic (exact) mass is 287 g/mol. The Kier molecular flexibility index (Phi) is 4.02. The summed E-state index contributed by atoms with van der Waals surface area (Å²) in [4.78, 5) is 0. The Bertz CT molecular complexity index is 598. The molecule has 0 spiro atoms. The van der Waals surface area contributed by atoms with Gasteiger partial charge in [0.2, 0.25) is 0 Å². The topological polar surface area (TPSA) is 26.0 Å². The van der Waals surface area contributed by atoms with Gasteiger partial charge in [0.1, 0.15) is 11.6 Å². The SMILES string of the molecule is NCCCC1c2ccc(F)cc2CCc2cc(F)ccc21. The minimum absolute atomic E-state index is 0.183. The van der Waals surface area contributed by atoms with Crippen molar-refractivity contribution in [2.75, 3.05) is 6.54 Å². The van der Waals surface area contributed by atoms with Gasteiger partial charge >= 0.3 is 0 Å². The van der Waals surface area contributed by atoms with Crippen molar-refractivity contribution >= 4 is 0 Å². The Morgan fingerprint density at radius 3 is 1.90 bits per heavy atom. The molecular formula is C18H19F2N. The predicted molar refractivity (Wildman–Crippen MR) is 80.3 cm³/mol. The lowest BCUT2D eigenvalue weighted by atomic mass is 9.85. The molecule has 2 N–H and O–H groups in total. The van der Waals surface area contributed by atoms with Gasteiger partial charge < -0.3 is 5.73 Å². The molecule has 0 unspecified atom stereocenters. The van der Waals surface area contributed by atoms with Crippen molar-refractivity contribution in [2.24, 2.45) is 5.73 Å². The zero-order valence-corrected chi connectivity index (χ0v) is 11.9. The molecule has 21 heavy (non-hydrogen) atoms. The predicted octanol–water partition coefficient (Wildman–Crippen LogP) is 3.93. The number of fused-ring (bicyclic) bond motifs is 2. The molecule has 0 saturated carbocycles. The number of nitrogens with two attached hydrogens (primary N) is 1. The highest BCUT2D eigenvalue weighted by atomic mass is 19.1. The van der Waals surface area contributed by atoms with Crippen molar-refractivity contribution < 1.29 is 8.78 Å². The third-order valence-electron chi connectivity index (χ3n) is 4.32. The van der Waals surface area contributed by atoms with Crippen molar-refractivity contribution in [2.45, 2.75) is 31.6 Å². The van der Waals surface area contributed by atoms with Gasteiger partial charge in [0.25, 0.3) is 0 Å². The highest BCUT2D eigenvalue weighted by Gasteiger charge is 2.23. The second-order valence-corrected chi connectivity index (χ2v) is 5.67. The van der Waals surface area contributed by atoms with Crippen LogP contribution in [0.5, 0.6) is 0 Å². The van der Waals surface area contributed by atoms with E-state index in [-0.39, 0.29) is 17.6 Å². The molecule has 2 aromatic carbocycles. The summed E-state index contributed by atoms with van der Waals surface area (Å²) < 4.78 is 27.0. The zero-order valence-electron chi connectivity index (χ0n) is 11.9. The molecule has 2 aromatic rings. The summed E-state index contributed by atoms with van der Waals surface area (Å²) in [6.07, 6.45) is 3.32. The number of hydrogen-bond donors (Lipinski definition) is 1. The van der Waals surface area contributed by atoms with E-state index < -0.39 is 0 Å². The van der Waals surface area contributed by atoms with Gasteiger partial charge in [0.05, 0.1) is 0 Å². The molecule has 0 radical (unpaired) electrons. The van der Waals surface area contributed by atoms with E-state index in [4.69, 9.17) is 5.73 Å². The highest BCUT2D eigenvalue weighted by Crippen LogP contribution is 2.37. The number of hydrogen-bond acceptors (Lipinski definition) is 1. The molecular weight excluding hydrogens is 268 g/mol. The van der Waals surface area contributed by atoms with Gasteiger partial charge in [-0.25, -0.2) is 8.78 Å². The number of halogens is 2. The maximum absolute atomic E-state index is 13.5. The third kappa shape index (κ3) is 2.84. The Morgan fingerprint density at radius 1 is 0.905 bits per heavy atom. The minimum Gasteiger partial charge on any atom is -0.330 e. The Balaban J connectivity index is 2.10. The first-order valence-corrected chi connectivity index (χ1v) is 7.45. The maximum Gasteiger partial charge on any atom is 0.123 e. The van der Waals surface area contributed by atoms with Crippen LogP contribution in [0.25, 0.3) is 0 Å². The minimum atomic E-state index is -0.205. The molecule has 0 aromatic heterocycles. The standard InChI is InChI=1S/C18H19F2N/c19-14-5-7-16-12(10-14)3-4-13-11-15(20)6-8-17(13)18(16)2-1-9-21/h5-8,10-11,18H,1-4,9,21H2. The summed E-state index contributed by atoms with van der Waals surface area (Å²) in [5, 5.41) is 0. The molecule has 3 rings (SSSR count). The summed E-state index contributed by atoms with van der Waals surface area (Å²) in [6, 6.07) is 10.0. The van der Waals surface area contributed by atoms with E-state index in [1.54, 1.807) is 12.1 Å². The van der Waals surface area contributed by atoms with Crippen molar-refractivity contribution in [3.63, 3.8) is 0 Å². The van der Waals surface area contributed by atoms with Crippen LogP contribution in [0.4, 0.5) is 8.78 Å². The highest BCUT2D eigenvalue weighted by molar-refractivity contribution is 5.45. The fraction of sp³-hybridized carbons (Fsp3) is 0.333. The molecule has 0 bridgehead atoms. The first-order chi connectivity index (χ1) is 10.2. The normalized spacial score (nSPS) is 14.4. The number of aryl methyl sites for hydroxylation is 2. The van der Waals surface area contributed by atoms with Crippen LogP contribution in [0.3, 0.4) is 0 Å². The van der Waals surface area contributed by atoms with Crippen molar-refractivity contribution in [3.8, 4) is 0 Å². The lowest BCUT2D eigenvalue weighted by Gasteiger charge is -2.20. The number of benzene rings is 2. The molecule has 0 fully saturated rings.